The van der Waals surface area contributed by atoms with Gasteiger partial charge in [0.15, 0.2) is 0 Å². The normalized spacial score (nSPS) is 14.9. The number of nitrogens with zero attached hydrogens (tertiary/aromatic N) is 1. The molecule has 1 aliphatic heterocycles. The highest BCUT2D eigenvalue weighted by Gasteiger charge is 2.35. The number of aliphatic hydroxyl groups is 1. The molecule has 1 amide bonds. The monoisotopic (exact) mass is 418 g/mol. The van der Waals surface area contributed by atoms with Crippen LogP contribution in [-0.2, 0) is 18.7 Å². The summed E-state index contributed by atoms with van der Waals surface area (Å²) in [4.78, 5) is 12.1. The summed E-state index contributed by atoms with van der Waals surface area (Å²) in [5.74, 6) is 0. The van der Waals surface area contributed by atoms with Crippen LogP contribution in [-0.4, -0.2) is 34.3 Å². The number of benzene rings is 3. The van der Waals surface area contributed by atoms with Gasteiger partial charge in [-0.3, -0.25) is 0 Å². The molecule has 4 rings (SSSR count). The first-order valence-corrected chi connectivity index (χ1v) is 10.6. The van der Waals surface area contributed by atoms with Gasteiger partial charge in [0.1, 0.15) is 0 Å². The Labute approximate surface area is 184 Å². The summed E-state index contributed by atoms with van der Waals surface area (Å²) in [6.07, 6.45) is 0.0159. The number of piperidine rings is 1. The van der Waals surface area contributed by atoms with E-state index in [2.05, 4.69) is 53.8 Å². The minimum atomic E-state index is -0.907. The topological polar surface area (TPSA) is 72.8 Å². The number of nitrogens with one attached hydrogen (secondary N) is 1. The molecule has 5 nitrogen and oxygen atoms in total. The zero-order chi connectivity index (χ0) is 21.9. The Balaban J connectivity index is 0.000000176. The van der Waals surface area contributed by atoms with Crippen molar-refractivity contribution >= 4 is 6.09 Å². The fraction of sp³-hybridized carbons (Fsp3) is 0.269. The fourth-order valence-corrected chi connectivity index (χ4v) is 3.65. The van der Waals surface area contributed by atoms with Crippen LogP contribution >= 0.6 is 0 Å². The first-order chi connectivity index (χ1) is 15.1. The van der Waals surface area contributed by atoms with Gasteiger partial charge in [0.25, 0.3) is 0 Å². The van der Waals surface area contributed by atoms with E-state index in [-0.39, 0.29) is 0 Å². The molecule has 3 aromatic carbocycles. The van der Waals surface area contributed by atoms with Gasteiger partial charge in [0.2, 0.25) is 0 Å². The number of carbonyl (C=O) groups is 1. The van der Waals surface area contributed by atoms with Crippen molar-refractivity contribution in [2.24, 2.45) is 0 Å². The highest BCUT2D eigenvalue weighted by molar-refractivity contribution is 5.65. The quantitative estimate of drug-likeness (QED) is 0.565. The maximum absolute atomic E-state index is 10.7. The molecule has 0 unspecified atom stereocenters. The predicted octanol–water partition coefficient (Wildman–Crippen LogP) is 4.62. The van der Waals surface area contributed by atoms with E-state index >= 15 is 0 Å². The van der Waals surface area contributed by atoms with Crippen LogP contribution < -0.4 is 5.32 Å². The van der Waals surface area contributed by atoms with Crippen LogP contribution in [0, 0.1) is 0 Å². The average Bonchev–Trinajstić information content (AvgIpc) is 2.82. The highest BCUT2D eigenvalue weighted by Crippen LogP contribution is 2.32. The number of likely N-dealkylation sites (tertiary alicyclic amines) is 1. The summed E-state index contributed by atoms with van der Waals surface area (Å²) in [7, 11) is 0. The number of hydrogen-bond donors (Lipinski definition) is 3. The minimum absolute atomic E-state index is 0.390. The Hall–Kier alpha value is -3.15. The minimum Gasteiger partial charge on any atom is -0.465 e. The lowest BCUT2D eigenvalue weighted by molar-refractivity contribution is -0.0213. The van der Waals surface area contributed by atoms with Crippen molar-refractivity contribution in [1.29, 1.82) is 0 Å². The lowest BCUT2D eigenvalue weighted by atomic mass is 9.84. The standard InChI is InChI=1S/C14H15N.C12H15NO3/c1-3-7-13(8-4-1)11-15-12-14-9-5-2-6-10-14;14-11(15)13-8-6-12(16,7-9-13)10-4-2-1-3-5-10/h1-10,15H,11-12H2;1-5,16H,6-9H2,(H,14,15). The van der Waals surface area contributed by atoms with Crippen LogP contribution in [0.3, 0.4) is 0 Å². The summed E-state index contributed by atoms with van der Waals surface area (Å²) in [6, 6.07) is 30.4. The van der Waals surface area contributed by atoms with E-state index in [1.807, 2.05) is 42.5 Å². The zero-order valence-corrected chi connectivity index (χ0v) is 17.7. The van der Waals surface area contributed by atoms with Crippen LogP contribution in [0.1, 0.15) is 29.5 Å². The molecule has 3 N–H and O–H groups in total. The van der Waals surface area contributed by atoms with Gasteiger partial charge in [-0.2, -0.15) is 0 Å². The van der Waals surface area contributed by atoms with Gasteiger partial charge in [-0.25, -0.2) is 4.79 Å². The summed E-state index contributed by atoms with van der Waals surface area (Å²) in [5, 5.41) is 22.7. The molecular formula is C26H30N2O3. The lowest BCUT2D eigenvalue weighted by Gasteiger charge is -2.37. The molecule has 0 bridgehead atoms. The van der Waals surface area contributed by atoms with Gasteiger partial charge in [-0.1, -0.05) is 91.0 Å². The SMILES string of the molecule is O=C(O)N1CCC(O)(c2ccccc2)CC1.c1ccc(CNCc2ccccc2)cc1. The Kier molecular flexibility index (Phi) is 8.21. The van der Waals surface area contributed by atoms with E-state index in [1.165, 1.54) is 16.0 Å². The van der Waals surface area contributed by atoms with Crippen molar-refractivity contribution in [3.8, 4) is 0 Å². The summed E-state index contributed by atoms with van der Waals surface area (Å²) in [5.41, 5.74) is 2.66. The zero-order valence-electron chi connectivity index (χ0n) is 17.7. The van der Waals surface area contributed by atoms with Crippen LogP contribution in [0.5, 0.6) is 0 Å². The van der Waals surface area contributed by atoms with E-state index < -0.39 is 11.7 Å². The number of amides is 1. The Morgan fingerprint density at radius 3 is 1.61 bits per heavy atom. The largest absolute Gasteiger partial charge is 0.465 e. The van der Waals surface area contributed by atoms with Crippen LogP contribution in [0.25, 0.3) is 0 Å². The maximum atomic E-state index is 10.7. The van der Waals surface area contributed by atoms with Crippen molar-refractivity contribution in [2.45, 2.75) is 31.5 Å². The molecular weight excluding hydrogens is 388 g/mol. The van der Waals surface area contributed by atoms with Crippen molar-refractivity contribution in [1.82, 2.24) is 10.2 Å². The van der Waals surface area contributed by atoms with Crippen molar-refractivity contribution in [3.63, 3.8) is 0 Å². The van der Waals surface area contributed by atoms with Crippen LogP contribution in [0.4, 0.5) is 4.79 Å². The average molecular weight is 419 g/mol. The second-order valence-corrected chi connectivity index (χ2v) is 7.74. The van der Waals surface area contributed by atoms with E-state index in [1.54, 1.807) is 0 Å². The first kappa shape index (κ1) is 22.5. The van der Waals surface area contributed by atoms with E-state index in [0.29, 0.717) is 25.9 Å². The highest BCUT2D eigenvalue weighted by atomic mass is 16.4. The van der Waals surface area contributed by atoms with E-state index in [0.717, 1.165) is 18.7 Å². The van der Waals surface area contributed by atoms with Gasteiger partial charge < -0.3 is 20.4 Å². The van der Waals surface area contributed by atoms with Crippen molar-refractivity contribution in [2.75, 3.05) is 13.1 Å². The molecule has 162 valence electrons. The molecule has 1 fully saturated rings. The molecule has 3 aromatic rings. The van der Waals surface area contributed by atoms with Crippen LogP contribution in [0.2, 0.25) is 0 Å². The van der Waals surface area contributed by atoms with Gasteiger partial charge in [0, 0.05) is 26.2 Å². The molecule has 0 aliphatic carbocycles. The van der Waals surface area contributed by atoms with E-state index in [4.69, 9.17) is 5.11 Å². The van der Waals surface area contributed by atoms with Gasteiger partial charge >= 0.3 is 6.09 Å². The van der Waals surface area contributed by atoms with Gasteiger partial charge in [0.05, 0.1) is 5.60 Å². The molecule has 1 aliphatic rings. The number of carboxylic acid groups (broad SMARTS) is 1. The summed E-state index contributed by atoms with van der Waals surface area (Å²) < 4.78 is 0. The molecule has 0 atom stereocenters. The molecule has 5 heteroatoms. The molecule has 1 heterocycles. The lowest BCUT2D eigenvalue weighted by Crippen LogP contribution is -2.44. The van der Waals surface area contributed by atoms with E-state index in [9.17, 15) is 9.90 Å². The molecule has 0 spiro atoms. The van der Waals surface area contributed by atoms with Gasteiger partial charge in [-0.15, -0.1) is 0 Å². The van der Waals surface area contributed by atoms with Gasteiger partial charge in [-0.05, 0) is 29.5 Å². The summed E-state index contributed by atoms with van der Waals surface area (Å²) in [6.45, 7) is 2.63. The molecule has 0 aromatic heterocycles. The smallest absolute Gasteiger partial charge is 0.407 e. The molecule has 31 heavy (non-hydrogen) atoms. The Bertz CT molecular complexity index is 870. The third-order valence-corrected chi connectivity index (χ3v) is 5.52. The maximum Gasteiger partial charge on any atom is 0.407 e. The third kappa shape index (κ3) is 6.95. The third-order valence-electron chi connectivity index (χ3n) is 5.52. The Morgan fingerprint density at radius 2 is 1.19 bits per heavy atom. The fourth-order valence-electron chi connectivity index (χ4n) is 3.65. The molecule has 0 saturated carbocycles. The second kappa shape index (κ2) is 11.3. The number of rotatable bonds is 5. The van der Waals surface area contributed by atoms with Crippen molar-refractivity contribution < 1.29 is 15.0 Å². The molecule has 1 saturated heterocycles. The predicted molar refractivity (Wildman–Crippen MR) is 123 cm³/mol. The first-order valence-electron chi connectivity index (χ1n) is 10.6. The molecule has 0 radical (unpaired) electrons. The second-order valence-electron chi connectivity index (χ2n) is 7.74. The Morgan fingerprint density at radius 1 is 0.774 bits per heavy atom. The van der Waals surface area contributed by atoms with Crippen LogP contribution in [0.15, 0.2) is 91.0 Å². The summed E-state index contributed by atoms with van der Waals surface area (Å²) >= 11 is 0. The van der Waals surface area contributed by atoms with Crippen molar-refractivity contribution in [3.05, 3.63) is 108 Å². The number of hydrogen-bond acceptors (Lipinski definition) is 3.